The Morgan fingerprint density at radius 1 is 1.26 bits per heavy atom. The summed E-state index contributed by atoms with van der Waals surface area (Å²) in [5.74, 6) is 0.654. The van der Waals surface area contributed by atoms with Gasteiger partial charge in [0.1, 0.15) is 0 Å². The number of amides is 1. The van der Waals surface area contributed by atoms with E-state index >= 15 is 0 Å². The Labute approximate surface area is 118 Å². The summed E-state index contributed by atoms with van der Waals surface area (Å²) >= 11 is 0. The van der Waals surface area contributed by atoms with Gasteiger partial charge in [-0.2, -0.15) is 0 Å². The number of rotatable bonds is 8. The second kappa shape index (κ2) is 8.54. The summed E-state index contributed by atoms with van der Waals surface area (Å²) in [6, 6.07) is 0.475. The molecule has 0 bridgehead atoms. The summed E-state index contributed by atoms with van der Waals surface area (Å²) in [4.78, 5) is 16.8. The van der Waals surface area contributed by atoms with Crippen molar-refractivity contribution in [3.63, 3.8) is 0 Å². The van der Waals surface area contributed by atoms with Crippen molar-refractivity contribution in [2.75, 3.05) is 33.7 Å². The van der Waals surface area contributed by atoms with Gasteiger partial charge in [-0.15, -0.1) is 0 Å². The summed E-state index contributed by atoms with van der Waals surface area (Å²) in [6.07, 6.45) is 6.51. The monoisotopic (exact) mass is 269 g/mol. The number of nitrogens with two attached hydrogens (primary N) is 1. The molecule has 0 saturated heterocycles. The van der Waals surface area contributed by atoms with E-state index in [1.807, 2.05) is 0 Å². The van der Waals surface area contributed by atoms with E-state index in [4.69, 9.17) is 5.73 Å². The Morgan fingerprint density at radius 3 is 2.37 bits per heavy atom. The molecule has 4 heteroatoms. The molecule has 0 aromatic rings. The molecule has 0 heterocycles. The van der Waals surface area contributed by atoms with E-state index in [-0.39, 0.29) is 0 Å². The first kappa shape index (κ1) is 16.4. The highest BCUT2D eigenvalue weighted by atomic mass is 16.2. The average molecular weight is 269 g/mol. The molecule has 4 nitrogen and oxygen atoms in total. The van der Waals surface area contributed by atoms with Gasteiger partial charge in [-0.25, -0.2) is 0 Å². The topological polar surface area (TPSA) is 49.6 Å². The van der Waals surface area contributed by atoms with Crippen molar-refractivity contribution in [3.05, 3.63) is 0 Å². The molecule has 1 atom stereocenters. The van der Waals surface area contributed by atoms with Crippen LogP contribution in [0.1, 0.15) is 45.4 Å². The lowest BCUT2D eigenvalue weighted by Gasteiger charge is -2.31. The molecule has 19 heavy (non-hydrogen) atoms. The van der Waals surface area contributed by atoms with Crippen LogP contribution in [0.3, 0.4) is 0 Å². The third-order valence-corrected chi connectivity index (χ3v) is 4.25. The van der Waals surface area contributed by atoms with Gasteiger partial charge < -0.3 is 15.5 Å². The smallest absolute Gasteiger partial charge is 0.223 e. The van der Waals surface area contributed by atoms with Gasteiger partial charge in [-0.05, 0) is 39.4 Å². The number of carbonyl (C=O) groups is 1. The van der Waals surface area contributed by atoms with Gasteiger partial charge in [0.05, 0.1) is 0 Å². The summed E-state index contributed by atoms with van der Waals surface area (Å²) < 4.78 is 0. The minimum absolute atomic E-state index is 0.311. The highest BCUT2D eigenvalue weighted by Gasteiger charge is 2.27. The lowest BCUT2D eigenvalue weighted by Crippen LogP contribution is -2.43. The summed E-state index contributed by atoms with van der Waals surface area (Å²) in [7, 11) is 4.12. The Bertz CT molecular complexity index is 258. The molecule has 0 aromatic heterocycles. The maximum atomic E-state index is 12.5. The van der Waals surface area contributed by atoms with Crippen molar-refractivity contribution in [1.82, 2.24) is 9.80 Å². The predicted molar refractivity (Wildman–Crippen MR) is 80.0 cm³/mol. The minimum atomic E-state index is 0.311. The van der Waals surface area contributed by atoms with Crippen molar-refractivity contribution in [2.24, 2.45) is 11.7 Å². The zero-order valence-electron chi connectivity index (χ0n) is 12.9. The maximum absolute atomic E-state index is 12.5. The number of likely N-dealkylation sites (N-methyl/N-ethyl adjacent to an activating group) is 1. The zero-order valence-corrected chi connectivity index (χ0v) is 12.9. The Hall–Kier alpha value is -0.610. The van der Waals surface area contributed by atoms with Crippen LogP contribution >= 0.6 is 0 Å². The second-order valence-electron chi connectivity index (χ2n) is 6.04. The van der Waals surface area contributed by atoms with E-state index in [2.05, 4.69) is 30.8 Å². The molecular weight excluding hydrogens is 238 g/mol. The number of hydrogen-bond acceptors (Lipinski definition) is 3. The Kier molecular flexibility index (Phi) is 7.39. The van der Waals surface area contributed by atoms with Gasteiger partial charge in [0.25, 0.3) is 0 Å². The number of hydrogen-bond donors (Lipinski definition) is 1. The predicted octanol–water partition coefficient (Wildman–Crippen LogP) is 1.69. The van der Waals surface area contributed by atoms with Crippen LogP contribution < -0.4 is 5.73 Å². The molecule has 0 aromatic carbocycles. The zero-order chi connectivity index (χ0) is 14.3. The third-order valence-electron chi connectivity index (χ3n) is 4.25. The Morgan fingerprint density at radius 2 is 1.89 bits per heavy atom. The first-order valence-electron chi connectivity index (χ1n) is 7.72. The first-order valence-corrected chi connectivity index (χ1v) is 7.72. The van der Waals surface area contributed by atoms with Gasteiger partial charge in [0.2, 0.25) is 5.91 Å². The normalized spacial score (nSPS) is 17.9. The van der Waals surface area contributed by atoms with Gasteiger partial charge in [0, 0.05) is 25.6 Å². The van der Waals surface area contributed by atoms with Crippen LogP contribution in [0, 0.1) is 5.92 Å². The van der Waals surface area contributed by atoms with Crippen LogP contribution in [0.2, 0.25) is 0 Å². The molecule has 2 N–H and O–H groups in total. The minimum Gasteiger partial charge on any atom is -0.338 e. The van der Waals surface area contributed by atoms with E-state index < -0.39 is 0 Å². The molecule has 0 aliphatic heterocycles. The molecule has 1 unspecified atom stereocenters. The van der Waals surface area contributed by atoms with Gasteiger partial charge in [-0.1, -0.05) is 26.2 Å². The molecule has 1 saturated carbocycles. The fourth-order valence-corrected chi connectivity index (χ4v) is 2.79. The maximum Gasteiger partial charge on any atom is 0.223 e. The molecular formula is C15H31N3O. The van der Waals surface area contributed by atoms with Gasteiger partial charge >= 0.3 is 0 Å². The van der Waals surface area contributed by atoms with Crippen LogP contribution in [0.4, 0.5) is 0 Å². The van der Waals surface area contributed by atoms with E-state index in [0.29, 0.717) is 30.8 Å². The lowest BCUT2D eigenvalue weighted by atomic mass is 10.0. The molecule has 1 aliphatic carbocycles. The molecule has 0 radical (unpaired) electrons. The van der Waals surface area contributed by atoms with E-state index in [9.17, 15) is 4.79 Å². The molecule has 1 fully saturated rings. The summed E-state index contributed by atoms with van der Waals surface area (Å²) in [5.41, 5.74) is 5.73. The first-order chi connectivity index (χ1) is 9.08. The SMILES string of the molecule is CCC(CN)CC(=O)N(CCN(C)C)C1CCCC1. The van der Waals surface area contributed by atoms with Crippen molar-refractivity contribution in [2.45, 2.75) is 51.5 Å². The molecule has 112 valence electrons. The average Bonchev–Trinajstić information content (AvgIpc) is 2.89. The second-order valence-corrected chi connectivity index (χ2v) is 6.04. The van der Waals surface area contributed by atoms with E-state index in [1.54, 1.807) is 0 Å². The van der Waals surface area contributed by atoms with Crippen molar-refractivity contribution < 1.29 is 4.79 Å². The number of nitrogens with zero attached hydrogens (tertiary/aromatic N) is 2. The fraction of sp³-hybridized carbons (Fsp3) is 0.933. The molecule has 1 rings (SSSR count). The van der Waals surface area contributed by atoms with Crippen molar-refractivity contribution >= 4 is 5.91 Å². The van der Waals surface area contributed by atoms with Gasteiger partial charge in [-0.3, -0.25) is 4.79 Å². The van der Waals surface area contributed by atoms with E-state index in [1.165, 1.54) is 25.7 Å². The van der Waals surface area contributed by atoms with Crippen LogP contribution in [0.15, 0.2) is 0 Å². The molecule has 1 aliphatic rings. The van der Waals surface area contributed by atoms with E-state index in [0.717, 1.165) is 19.5 Å². The quantitative estimate of drug-likeness (QED) is 0.729. The molecule has 1 amide bonds. The standard InChI is InChI=1S/C15H31N3O/c1-4-13(12-16)11-15(19)18(10-9-17(2)3)14-7-5-6-8-14/h13-14H,4-12,16H2,1-3H3. The van der Waals surface area contributed by atoms with Crippen molar-refractivity contribution in [3.8, 4) is 0 Å². The highest BCUT2D eigenvalue weighted by Crippen LogP contribution is 2.24. The Balaban J connectivity index is 2.57. The van der Waals surface area contributed by atoms with Crippen LogP contribution in [-0.4, -0.2) is 55.5 Å². The van der Waals surface area contributed by atoms with Crippen LogP contribution in [-0.2, 0) is 4.79 Å². The summed E-state index contributed by atoms with van der Waals surface area (Å²) in [6.45, 7) is 4.54. The lowest BCUT2D eigenvalue weighted by molar-refractivity contribution is -0.134. The number of carbonyl (C=O) groups excluding carboxylic acids is 1. The fourth-order valence-electron chi connectivity index (χ4n) is 2.79. The van der Waals surface area contributed by atoms with Crippen LogP contribution in [0.25, 0.3) is 0 Å². The molecule has 0 spiro atoms. The van der Waals surface area contributed by atoms with Gasteiger partial charge in [0.15, 0.2) is 0 Å². The summed E-state index contributed by atoms with van der Waals surface area (Å²) in [5, 5.41) is 0. The van der Waals surface area contributed by atoms with Crippen molar-refractivity contribution in [1.29, 1.82) is 0 Å². The highest BCUT2D eigenvalue weighted by molar-refractivity contribution is 5.76. The van der Waals surface area contributed by atoms with Crippen LogP contribution in [0.5, 0.6) is 0 Å². The largest absolute Gasteiger partial charge is 0.338 e. The third kappa shape index (κ3) is 5.49.